The van der Waals surface area contributed by atoms with Gasteiger partial charge in [0, 0.05) is 5.41 Å². The molecule has 0 aliphatic carbocycles. The molecule has 0 atom stereocenters. The van der Waals surface area contributed by atoms with Crippen molar-refractivity contribution < 1.29 is 4.39 Å². The van der Waals surface area contributed by atoms with Gasteiger partial charge in [-0.05, 0) is 24.6 Å². The number of hydrogen-bond acceptors (Lipinski definition) is 2. The molecule has 0 N–H and O–H groups in total. The van der Waals surface area contributed by atoms with E-state index in [1.165, 1.54) is 6.07 Å². The van der Waals surface area contributed by atoms with Crippen molar-refractivity contribution in [2.75, 3.05) is 0 Å². The Kier molecular flexibility index (Phi) is 4.26. The van der Waals surface area contributed by atoms with Gasteiger partial charge >= 0.3 is 0 Å². The number of benzene rings is 1. The molecular weight excluding hydrogens is 233 g/mol. The van der Waals surface area contributed by atoms with Crippen LogP contribution in [-0.2, 0) is 5.41 Å². The van der Waals surface area contributed by atoms with Crippen molar-refractivity contribution in [3.05, 3.63) is 28.5 Å². The largest absolute Gasteiger partial charge is 0.238 e. The normalized spacial score (nSPS) is 11.2. The number of aryl methyl sites for hydroxylation is 1. The molecule has 0 bridgehead atoms. The number of thiazole rings is 1. The van der Waals surface area contributed by atoms with Gasteiger partial charge in [-0.15, -0.1) is 11.3 Å². The molecule has 2 rings (SSSR count). The predicted octanol–water partition coefficient (Wildman–Crippen LogP) is 5.07. The fourth-order valence-corrected chi connectivity index (χ4v) is 2.57. The van der Waals surface area contributed by atoms with Crippen molar-refractivity contribution in [2.45, 2.75) is 47.0 Å². The second-order valence-electron chi connectivity index (χ2n) is 4.86. The Bertz CT molecular complexity index is 509. The summed E-state index contributed by atoms with van der Waals surface area (Å²) in [6.07, 6.45) is 0. The molecule has 17 heavy (non-hydrogen) atoms. The standard InChI is InChI=1S/C12H14FNS.C2H6/c1-7-5-8(13)10-9(6-7)15-11(14-10)12(2,3)4;1-2/h5-6H,1-4H3;1-2H3. The van der Waals surface area contributed by atoms with Crippen LogP contribution in [0.2, 0.25) is 0 Å². The van der Waals surface area contributed by atoms with Gasteiger partial charge in [-0.1, -0.05) is 34.6 Å². The third-order valence-electron chi connectivity index (χ3n) is 2.23. The van der Waals surface area contributed by atoms with E-state index in [0.717, 1.165) is 15.3 Å². The van der Waals surface area contributed by atoms with Crippen LogP contribution in [0.25, 0.3) is 10.2 Å². The lowest BCUT2D eigenvalue weighted by atomic mass is 9.98. The molecule has 3 heteroatoms. The highest BCUT2D eigenvalue weighted by Crippen LogP contribution is 2.32. The van der Waals surface area contributed by atoms with Gasteiger partial charge in [0.05, 0.1) is 9.71 Å². The zero-order valence-electron chi connectivity index (χ0n) is 11.4. The van der Waals surface area contributed by atoms with Crippen LogP contribution < -0.4 is 0 Å². The van der Waals surface area contributed by atoms with Crippen molar-refractivity contribution >= 4 is 21.6 Å². The van der Waals surface area contributed by atoms with Crippen molar-refractivity contribution in [1.29, 1.82) is 0 Å². The SMILES string of the molecule is CC.Cc1cc(F)c2nc(C(C)(C)C)sc2c1. The first kappa shape index (κ1) is 14.1. The topological polar surface area (TPSA) is 12.9 Å². The van der Waals surface area contributed by atoms with Crippen molar-refractivity contribution in [3.8, 4) is 0 Å². The van der Waals surface area contributed by atoms with Crippen molar-refractivity contribution in [3.63, 3.8) is 0 Å². The zero-order valence-corrected chi connectivity index (χ0v) is 12.2. The van der Waals surface area contributed by atoms with Gasteiger partial charge in [0.25, 0.3) is 0 Å². The molecule has 1 aromatic heterocycles. The molecule has 0 aliphatic rings. The quantitative estimate of drug-likeness (QED) is 0.639. The Labute approximate surface area is 107 Å². The summed E-state index contributed by atoms with van der Waals surface area (Å²) in [4.78, 5) is 4.37. The van der Waals surface area contributed by atoms with E-state index in [1.54, 1.807) is 11.3 Å². The molecule has 1 heterocycles. The second-order valence-corrected chi connectivity index (χ2v) is 5.89. The van der Waals surface area contributed by atoms with Crippen LogP contribution in [0.5, 0.6) is 0 Å². The summed E-state index contributed by atoms with van der Waals surface area (Å²) in [5.74, 6) is -0.211. The average molecular weight is 253 g/mol. The first-order valence-corrected chi connectivity index (χ1v) is 6.77. The Hall–Kier alpha value is -0.960. The van der Waals surface area contributed by atoms with Crippen LogP contribution in [0.3, 0.4) is 0 Å². The molecule has 0 saturated carbocycles. The zero-order chi connectivity index (χ0) is 13.2. The van der Waals surface area contributed by atoms with E-state index in [1.807, 2.05) is 26.8 Å². The van der Waals surface area contributed by atoms with Crippen LogP contribution >= 0.6 is 11.3 Å². The van der Waals surface area contributed by atoms with E-state index in [0.29, 0.717) is 5.52 Å². The van der Waals surface area contributed by atoms with Crippen LogP contribution in [0.15, 0.2) is 12.1 Å². The van der Waals surface area contributed by atoms with Gasteiger partial charge < -0.3 is 0 Å². The lowest BCUT2D eigenvalue weighted by Crippen LogP contribution is -2.09. The minimum Gasteiger partial charge on any atom is -0.238 e. The third kappa shape index (κ3) is 3.03. The lowest BCUT2D eigenvalue weighted by molar-refractivity contribution is 0.584. The second kappa shape index (κ2) is 5.13. The number of fused-ring (bicyclic) bond motifs is 1. The fourth-order valence-electron chi connectivity index (χ4n) is 1.44. The Balaban J connectivity index is 0.000000686. The Morgan fingerprint density at radius 2 is 1.76 bits per heavy atom. The minimum atomic E-state index is -0.211. The summed E-state index contributed by atoms with van der Waals surface area (Å²) in [5, 5.41) is 0.988. The van der Waals surface area contributed by atoms with Gasteiger partial charge in [-0.25, -0.2) is 9.37 Å². The van der Waals surface area contributed by atoms with E-state index >= 15 is 0 Å². The van der Waals surface area contributed by atoms with E-state index in [9.17, 15) is 4.39 Å². The number of halogens is 1. The molecule has 2 aromatic rings. The van der Waals surface area contributed by atoms with Gasteiger partial charge in [0.2, 0.25) is 0 Å². The molecule has 0 spiro atoms. The van der Waals surface area contributed by atoms with Crippen molar-refractivity contribution in [2.24, 2.45) is 0 Å². The van der Waals surface area contributed by atoms with Crippen LogP contribution in [0.1, 0.15) is 45.2 Å². The first-order valence-electron chi connectivity index (χ1n) is 5.95. The molecule has 0 saturated heterocycles. The smallest absolute Gasteiger partial charge is 0.150 e. The fraction of sp³-hybridized carbons (Fsp3) is 0.500. The maximum absolute atomic E-state index is 13.6. The van der Waals surface area contributed by atoms with Crippen LogP contribution in [0.4, 0.5) is 4.39 Å². The van der Waals surface area contributed by atoms with E-state index < -0.39 is 0 Å². The monoisotopic (exact) mass is 253 g/mol. The van der Waals surface area contributed by atoms with Crippen LogP contribution in [-0.4, -0.2) is 4.98 Å². The molecule has 94 valence electrons. The summed E-state index contributed by atoms with van der Waals surface area (Å²) in [7, 11) is 0. The predicted molar refractivity (Wildman–Crippen MR) is 74.4 cm³/mol. The average Bonchev–Trinajstić information content (AvgIpc) is 2.64. The summed E-state index contributed by atoms with van der Waals surface area (Å²) >= 11 is 1.58. The highest BCUT2D eigenvalue weighted by atomic mass is 32.1. The highest BCUT2D eigenvalue weighted by Gasteiger charge is 2.20. The number of rotatable bonds is 0. The Morgan fingerprint density at radius 1 is 1.18 bits per heavy atom. The molecule has 0 unspecified atom stereocenters. The van der Waals surface area contributed by atoms with E-state index in [4.69, 9.17) is 0 Å². The summed E-state index contributed by atoms with van der Waals surface area (Å²) in [6, 6.07) is 3.53. The van der Waals surface area contributed by atoms with E-state index in [2.05, 4.69) is 25.8 Å². The van der Waals surface area contributed by atoms with E-state index in [-0.39, 0.29) is 11.2 Å². The maximum Gasteiger partial charge on any atom is 0.150 e. The number of nitrogens with zero attached hydrogens (tertiary/aromatic N) is 1. The lowest BCUT2D eigenvalue weighted by Gasteiger charge is -2.13. The highest BCUT2D eigenvalue weighted by molar-refractivity contribution is 7.18. The Morgan fingerprint density at radius 3 is 2.29 bits per heavy atom. The molecule has 1 nitrogen and oxygen atoms in total. The minimum absolute atomic E-state index is 0.00989. The summed E-state index contributed by atoms with van der Waals surface area (Å²) in [6.45, 7) is 12.2. The van der Waals surface area contributed by atoms with Crippen molar-refractivity contribution in [1.82, 2.24) is 4.98 Å². The molecule has 1 aromatic carbocycles. The molecule has 0 aliphatic heterocycles. The molecule has 0 radical (unpaired) electrons. The molecule has 0 amide bonds. The van der Waals surface area contributed by atoms with Gasteiger partial charge in [0.1, 0.15) is 5.52 Å². The van der Waals surface area contributed by atoms with Gasteiger partial charge in [-0.2, -0.15) is 0 Å². The summed E-state index contributed by atoms with van der Waals surface area (Å²) < 4.78 is 14.5. The number of hydrogen-bond donors (Lipinski definition) is 0. The summed E-state index contributed by atoms with van der Waals surface area (Å²) in [5.41, 5.74) is 1.45. The number of aromatic nitrogens is 1. The molecular formula is C14H20FNS. The molecule has 0 fully saturated rings. The maximum atomic E-state index is 13.6. The first-order chi connectivity index (χ1) is 7.88. The van der Waals surface area contributed by atoms with Crippen LogP contribution in [0, 0.1) is 12.7 Å². The van der Waals surface area contributed by atoms with Gasteiger partial charge in [-0.3, -0.25) is 0 Å². The van der Waals surface area contributed by atoms with Gasteiger partial charge in [0.15, 0.2) is 5.82 Å². The third-order valence-corrected chi connectivity index (χ3v) is 3.66.